The molecule has 1 aliphatic heterocycles. The monoisotopic (exact) mass is 1120 g/mol. The number of ether oxygens (including phenoxy) is 2. The van der Waals surface area contributed by atoms with E-state index < -0.39 is 49.5 Å². The molecule has 7 unspecified atom stereocenters. The molecule has 7 atom stereocenters. The second-order valence-corrected chi connectivity index (χ2v) is 25.4. The van der Waals surface area contributed by atoms with Crippen molar-refractivity contribution in [2.24, 2.45) is 0 Å². The van der Waals surface area contributed by atoms with Gasteiger partial charge in [-0.15, -0.1) is 0 Å². The van der Waals surface area contributed by atoms with E-state index in [1.54, 1.807) is 0 Å². The van der Waals surface area contributed by atoms with E-state index in [1.807, 2.05) is 0 Å². The van der Waals surface area contributed by atoms with Crippen molar-refractivity contribution in [3.05, 3.63) is 0 Å². The van der Waals surface area contributed by atoms with Crippen LogP contribution >= 0.6 is 0 Å². The second kappa shape index (κ2) is 60.3. The fourth-order valence-electron chi connectivity index (χ4n) is 12.1. The highest BCUT2D eigenvalue weighted by Gasteiger charge is 2.44. The van der Waals surface area contributed by atoms with Gasteiger partial charge in [0, 0.05) is 6.42 Å². The van der Waals surface area contributed by atoms with E-state index in [-0.39, 0.29) is 12.5 Å². The minimum absolute atomic E-state index is 0.131. The minimum atomic E-state index is -1.55. The van der Waals surface area contributed by atoms with Crippen molar-refractivity contribution in [1.29, 1.82) is 0 Å². The van der Waals surface area contributed by atoms with Crippen LogP contribution in [0.4, 0.5) is 0 Å². The van der Waals surface area contributed by atoms with Gasteiger partial charge < -0.3 is 40.3 Å². The number of carbonyl (C=O) groups excluding carboxylic acids is 1. The molecule has 1 heterocycles. The first kappa shape index (κ1) is 76.2. The van der Waals surface area contributed by atoms with Gasteiger partial charge in [0.05, 0.1) is 25.4 Å². The molecular formula is C70H139NO8. The molecule has 79 heavy (non-hydrogen) atoms. The van der Waals surface area contributed by atoms with Crippen molar-refractivity contribution in [2.75, 3.05) is 13.2 Å². The number of hydrogen-bond acceptors (Lipinski definition) is 8. The summed E-state index contributed by atoms with van der Waals surface area (Å²) in [5.74, 6) is -0.134. The van der Waals surface area contributed by atoms with Gasteiger partial charge in [-0.1, -0.05) is 367 Å². The predicted molar refractivity (Wildman–Crippen MR) is 337 cm³/mol. The lowest BCUT2D eigenvalue weighted by Crippen LogP contribution is -2.60. The molecule has 0 aromatic carbocycles. The van der Waals surface area contributed by atoms with Crippen molar-refractivity contribution in [3.8, 4) is 0 Å². The zero-order valence-electron chi connectivity index (χ0n) is 52.9. The SMILES string of the molecule is CCCCCCCCCCCCCCCCCCCCCCCCCCCCCCCCCCCCCCCCCC(=O)NC(COC1OC(CO)C(O)C(O)C1O)C(O)CCCCCCCCCCCCCCCCCCC. The Labute approximate surface area is 491 Å². The summed E-state index contributed by atoms with van der Waals surface area (Å²) < 4.78 is 11.4. The Bertz CT molecular complexity index is 1210. The smallest absolute Gasteiger partial charge is 0.220 e. The van der Waals surface area contributed by atoms with E-state index in [4.69, 9.17) is 9.47 Å². The van der Waals surface area contributed by atoms with Crippen LogP contribution in [-0.2, 0) is 14.3 Å². The molecule has 0 spiro atoms. The fourth-order valence-corrected chi connectivity index (χ4v) is 12.1. The minimum Gasteiger partial charge on any atom is -0.394 e. The Hall–Kier alpha value is -0.810. The van der Waals surface area contributed by atoms with E-state index in [1.165, 1.54) is 321 Å². The number of nitrogens with one attached hydrogen (secondary N) is 1. The molecule has 0 aliphatic carbocycles. The number of rotatable bonds is 64. The number of carbonyl (C=O) groups is 1. The largest absolute Gasteiger partial charge is 0.394 e. The lowest BCUT2D eigenvalue weighted by molar-refractivity contribution is -0.302. The number of aliphatic hydroxyl groups is 5. The number of unbranched alkanes of at least 4 members (excludes halogenated alkanes) is 54. The van der Waals surface area contributed by atoms with Crippen LogP contribution in [0.15, 0.2) is 0 Å². The van der Waals surface area contributed by atoms with Gasteiger partial charge in [-0.05, 0) is 12.8 Å². The molecule has 0 aromatic rings. The first-order chi connectivity index (χ1) is 38.8. The van der Waals surface area contributed by atoms with Gasteiger partial charge in [-0.3, -0.25) is 4.79 Å². The van der Waals surface area contributed by atoms with Crippen LogP contribution in [0.3, 0.4) is 0 Å². The van der Waals surface area contributed by atoms with Crippen molar-refractivity contribution >= 4 is 5.91 Å². The molecule has 1 saturated heterocycles. The van der Waals surface area contributed by atoms with Crippen molar-refractivity contribution < 1.29 is 39.8 Å². The summed E-state index contributed by atoms with van der Waals surface area (Å²) in [6, 6.07) is -0.714. The molecular weight excluding hydrogens is 983 g/mol. The lowest BCUT2D eigenvalue weighted by Gasteiger charge is -2.40. The van der Waals surface area contributed by atoms with Crippen LogP contribution in [0.5, 0.6) is 0 Å². The highest BCUT2D eigenvalue weighted by molar-refractivity contribution is 5.76. The van der Waals surface area contributed by atoms with Gasteiger partial charge in [0.1, 0.15) is 24.4 Å². The molecule has 1 aliphatic rings. The molecule has 1 amide bonds. The zero-order valence-corrected chi connectivity index (χ0v) is 52.9. The maximum absolute atomic E-state index is 13.1. The molecule has 0 bridgehead atoms. The average Bonchev–Trinajstić information content (AvgIpc) is 3.48. The van der Waals surface area contributed by atoms with Gasteiger partial charge in [0.25, 0.3) is 0 Å². The Kier molecular flexibility index (Phi) is 58.2. The van der Waals surface area contributed by atoms with Gasteiger partial charge in [-0.25, -0.2) is 0 Å². The Morgan fingerprint density at radius 2 is 0.633 bits per heavy atom. The molecule has 1 rings (SSSR count). The average molecular weight is 1120 g/mol. The molecule has 0 saturated carbocycles. The molecule has 1 fully saturated rings. The van der Waals surface area contributed by atoms with E-state index in [0.29, 0.717) is 12.8 Å². The molecule has 0 radical (unpaired) electrons. The third kappa shape index (κ3) is 49.2. The van der Waals surface area contributed by atoms with Crippen LogP contribution in [0.2, 0.25) is 0 Å². The van der Waals surface area contributed by atoms with Crippen LogP contribution < -0.4 is 5.32 Å². The first-order valence-electron chi connectivity index (χ1n) is 35.7. The molecule has 9 nitrogen and oxygen atoms in total. The zero-order chi connectivity index (χ0) is 57.2. The maximum Gasteiger partial charge on any atom is 0.220 e. The Morgan fingerprint density at radius 3 is 0.899 bits per heavy atom. The second-order valence-electron chi connectivity index (χ2n) is 25.4. The summed E-state index contributed by atoms with van der Waals surface area (Å²) in [6.45, 7) is 3.90. The molecule has 6 N–H and O–H groups in total. The fraction of sp³-hybridized carbons (Fsp3) is 0.986. The summed E-state index contributed by atoms with van der Waals surface area (Å²) in [5, 5.41) is 54.8. The molecule has 9 heteroatoms. The predicted octanol–water partition coefficient (Wildman–Crippen LogP) is 19.3. The third-order valence-electron chi connectivity index (χ3n) is 17.7. The van der Waals surface area contributed by atoms with E-state index in [9.17, 15) is 30.3 Å². The first-order valence-corrected chi connectivity index (χ1v) is 35.7. The number of amides is 1. The highest BCUT2D eigenvalue weighted by Crippen LogP contribution is 2.24. The van der Waals surface area contributed by atoms with Crippen molar-refractivity contribution in [1.82, 2.24) is 5.32 Å². The topological polar surface area (TPSA) is 149 Å². The Morgan fingerprint density at radius 1 is 0.380 bits per heavy atom. The van der Waals surface area contributed by atoms with Crippen LogP contribution in [0, 0.1) is 0 Å². The summed E-state index contributed by atoms with van der Waals surface area (Å²) >= 11 is 0. The normalized spacial score (nSPS) is 18.4. The molecule has 472 valence electrons. The van der Waals surface area contributed by atoms with E-state index in [0.717, 1.165) is 38.5 Å². The summed E-state index contributed by atoms with van der Waals surface area (Å²) in [5.41, 5.74) is 0. The highest BCUT2D eigenvalue weighted by atomic mass is 16.7. The van der Waals surface area contributed by atoms with Crippen LogP contribution in [-0.4, -0.2) is 87.5 Å². The Balaban J connectivity index is 2.01. The standard InChI is InChI=1S/C70H139NO8/c1-3-5-7-9-11-13-15-17-19-21-22-23-24-25-26-27-28-29-30-31-32-33-34-35-36-37-38-39-40-41-42-44-46-48-50-52-54-56-58-60-66(74)71-63(62-78-70-69(77)68(76)67(75)65(61-72)79-70)64(73)59-57-55-53-51-49-47-45-43-20-18-16-14-12-10-8-6-4-2/h63-65,67-70,72-73,75-77H,3-62H2,1-2H3,(H,71,74). The summed E-state index contributed by atoms with van der Waals surface area (Å²) in [7, 11) is 0. The van der Waals surface area contributed by atoms with Gasteiger partial charge >= 0.3 is 0 Å². The van der Waals surface area contributed by atoms with E-state index in [2.05, 4.69) is 19.2 Å². The quantitative estimate of drug-likeness (QED) is 0.0330. The van der Waals surface area contributed by atoms with Crippen LogP contribution in [0.1, 0.15) is 386 Å². The van der Waals surface area contributed by atoms with Gasteiger partial charge in [0.15, 0.2) is 6.29 Å². The van der Waals surface area contributed by atoms with E-state index >= 15 is 0 Å². The summed E-state index contributed by atoms with van der Waals surface area (Å²) in [6.07, 6.45) is 69.1. The lowest BCUT2D eigenvalue weighted by atomic mass is 9.99. The van der Waals surface area contributed by atoms with Crippen LogP contribution in [0.25, 0.3) is 0 Å². The maximum atomic E-state index is 13.1. The van der Waals surface area contributed by atoms with Crippen molar-refractivity contribution in [3.63, 3.8) is 0 Å². The summed E-state index contributed by atoms with van der Waals surface area (Å²) in [4.78, 5) is 13.1. The number of aliphatic hydroxyl groups excluding tert-OH is 5. The molecule has 0 aromatic heterocycles. The third-order valence-corrected chi connectivity index (χ3v) is 17.7. The number of hydrogen-bond donors (Lipinski definition) is 6. The van der Waals surface area contributed by atoms with Gasteiger partial charge in [-0.2, -0.15) is 0 Å². The van der Waals surface area contributed by atoms with Gasteiger partial charge in [0.2, 0.25) is 5.91 Å². The van der Waals surface area contributed by atoms with Crippen molar-refractivity contribution in [2.45, 2.75) is 429 Å².